The highest BCUT2D eigenvalue weighted by atomic mass is 35.5. The van der Waals surface area contributed by atoms with E-state index in [2.05, 4.69) is 10.0 Å². The first-order chi connectivity index (χ1) is 13.8. The first-order valence-corrected chi connectivity index (χ1v) is 11.2. The van der Waals surface area contributed by atoms with Crippen LogP contribution in [0.15, 0.2) is 42.5 Å². The van der Waals surface area contributed by atoms with Gasteiger partial charge in [-0.05, 0) is 42.8 Å². The molecular formula is C20H22ClN3O4S. The van der Waals surface area contributed by atoms with Gasteiger partial charge in [0.15, 0.2) is 0 Å². The molecule has 2 N–H and O–H groups in total. The lowest BCUT2D eigenvalue weighted by Gasteiger charge is -2.18. The first kappa shape index (κ1) is 21.3. The summed E-state index contributed by atoms with van der Waals surface area (Å²) in [7, 11) is -1.95. The van der Waals surface area contributed by atoms with E-state index in [4.69, 9.17) is 11.6 Å². The van der Waals surface area contributed by atoms with Crippen molar-refractivity contribution in [3.63, 3.8) is 0 Å². The Balaban J connectivity index is 1.64. The van der Waals surface area contributed by atoms with Crippen molar-refractivity contribution in [2.45, 2.75) is 25.1 Å². The summed E-state index contributed by atoms with van der Waals surface area (Å²) in [6, 6.07) is 11.9. The van der Waals surface area contributed by atoms with Gasteiger partial charge in [-0.2, -0.15) is 0 Å². The number of sulfonamides is 1. The SMILES string of the molecule is CNS(=O)(=O)Cc1ccc(CNC(=O)c2ccc(Cl)c(N3CCCC3=O)c2)cc1. The number of anilines is 1. The van der Waals surface area contributed by atoms with Crippen LogP contribution in [-0.2, 0) is 27.1 Å². The van der Waals surface area contributed by atoms with Gasteiger partial charge in [0.25, 0.3) is 5.91 Å². The van der Waals surface area contributed by atoms with E-state index in [-0.39, 0.29) is 17.6 Å². The van der Waals surface area contributed by atoms with Crippen molar-refractivity contribution in [1.82, 2.24) is 10.0 Å². The van der Waals surface area contributed by atoms with E-state index in [9.17, 15) is 18.0 Å². The molecule has 0 atom stereocenters. The quantitative estimate of drug-likeness (QED) is 0.698. The number of rotatable bonds is 7. The monoisotopic (exact) mass is 435 g/mol. The second-order valence-corrected chi connectivity index (χ2v) is 9.11. The van der Waals surface area contributed by atoms with E-state index in [1.165, 1.54) is 7.05 Å². The molecule has 0 bridgehead atoms. The largest absolute Gasteiger partial charge is 0.348 e. The number of carbonyl (C=O) groups is 2. The van der Waals surface area contributed by atoms with Gasteiger partial charge in [-0.15, -0.1) is 0 Å². The van der Waals surface area contributed by atoms with Crippen LogP contribution in [0, 0.1) is 0 Å². The number of hydrogen-bond donors (Lipinski definition) is 2. The molecule has 7 nitrogen and oxygen atoms in total. The Morgan fingerprint density at radius 1 is 1.14 bits per heavy atom. The molecule has 0 spiro atoms. The minimum Gasteiger partial charge on any atom is -0.348 e. The number of carbonyl (C=O) groups excluding carboxylic acids is 2. The summed E-state index contributed by atoms with van der Waals surface area (Å²) in [4.78, 5) is 26.1. The summed E-state index contributed by atoms with van der Waals surface area (Å²) in [5.41, 5.74) is 2.47. The first-order valence-electron chi connectivity index (χ1n) is 9.16. The molecule has 2 aromatic rings. The van der Waals surface area contributed by atoms with Crippen LogP contribution in [0.5, 0.6) is 0 Å². The van der Waals surface area contributed by atoms with Gasteiger partial charge in [0.1, 0.15) is 0 Å². The molecule has 0 aromatic heterocycles. The topological polar surface area (TPSA) is 95.6 Å². The predicted molar refractivity (Wildman–Crippen MR) is 112 cm³/mol. The fourth-order valence-corrected chi connectivity index (χ4v) is 4.09. The van der Waals surface area contributed by atoms with Gasteiger partial charge in [-0.25, -0.2) is 13.1 Å². The molecule has 1 aliphatic rings. The third-order valence-corrected chi connectivity index (χ3v) is 6.37. The van der Waals surface area contributed by atoms with Crippen molar-refractivity contribution in [1.29, 1.82) is 0 Å². The van der Waals surface area contributed by atoms with Gasteiger partial charge >= 0.3 is 0 Å². The summed E-state index contributed by atoms with van der Waals surface area (Å²) >= 11 is 6.22. The zero-order chi connectivity index (χ0) is 21.0. The predicted octanol–water partition coefficient (Wildman–Crippen LogP) is 2.45. The third kappa shape index (κ3) is 5.35. The van der Waals surface area contributed by atoms with E-state index in [1.54, 1.807) is 47.4 Å². The number of halogens is 1. The van der Waals surface area contributed by atoms with Crippen molar-refractivity contribution >= 4 is 39.1 Å². The summed E-state index contributed by atoms with van der Waals surface area (Å²) < 4.78 is 25.5. The Labute approximate surface area is 175 Å². The highest BCUT2D eigenvalue weighted by molar-refractivity contribution is 7.88. The van der Waals surface area contributed by atoms with E-state index in [1.807, 2.05) is 0 Å². The van der Waals surface area contributed by atoms with Crippen molar-refractivity contribution in [2.24, 2.45) is 0 Å². The number of nitrogens with one attached hydrogen (secondary N) is 2. The van der Waals surface area contributed by atoms with E-state index in [0.29, 0.717) is 41.3 Å². The van der Waals surface area contributed by atoms with E-state index in [0.717, 1.165) is 12.0 Å². The van der Waals surface area contributed by atoms with Gasteiger partial charge in [0, 0.05) is 25.1 Å². The summed E-state index contributed by atoms with van der Waals surface area (Å²) in [6.07, 6.45) is 1.26. The molecular weight excluding hydrogens is 414 g/mol. The molecule has 9 heteroatoms. The van der Waals surface area contributed by atoms with Crippen LogP contribution in [-0.4, -0.2) is 33.8 Å². The second-order valence-electron chi connectivity index (χ2n) is 6.78. The van der Waals surface area contributed by atoms with Crippen LogP contribution in [0.2, 0.25) is 5.02 Å². The highest BCUT2D eigenvalue weighted by Crippen LogP contribution is 2.30. The van der Waals surface area contributed by atoms with Crippen LogP contribution >= 0.6 is 11.6 Å². The maximum absolute atomic E-state index is 12.5. The Hall–Kier alpha value is -2.42. The second kappa shape index (κ2) is 8.94. The normalized spacial score (nSPS) is 14.3. The lowest BCUT2D eigenvalue weighted by molar-refractivity contribution is -0.117. The number of hydrogen-bond acceptors (Lipinski definition) is 4. The Morgan fingerprint density at radius 3 is 2.45 bits per heavy atom. The van der Waals surface area contributed by atoms with Crippen LogP contribution in [0.1, 0.15) is 34.3 Å². The lowest BCUT2D eigenvalue weighted by atomic mass is 10.1. The van der Waals surface area contributed by atoms with Crippen LogP contribution in [0.25, 0.3) is 0 Å². The molecule has 0 radical (unpaired) electrons. The number of benzene rings is 2. The molecule has 3 rings (SSSR count). The van der Waals surface area contributed by atoms with Crippen molar-refractivity contribution in [3.8, 4) is 0 Å². The van der Waals surface area contributed by atoms with Gasteiger partial charge in [0.2, 0.25) is 15.9 Å². The van der Waals surface area contributed by atoms with Crippen LogP contribution < -0.4 is 14.9 Å². The van der Waals surface area contributed by atoms with E-state index < -0.39 is 10.0 Å². The maximum Gasteiger partial charge on any atom is 0.251 e. The average molecular weight is 436 g/mol. The van der Waals surface area contributed by atoms with Gasteiger partial charge in [0.05, 0.1) is 16.5 Å². The van der Waals surface area contributed by atoms with Crippen molar-refractivity contribution in [3.05, 3.63) is 64.2 Å². The zero-order valence-electron chi connectivity index (χ0n) is 15.9. The standard InChI is InChI=1S/C20H22ClN3O4S/c1-22-29(27,28)13-15-6-4-14(5-7-15)12-23-20(26)16-8-9-17(21)18(11-16)24-10-2-3-19(24)25/h4-9,11,22H,2-3,10,12-13H2,1H3,(H,23,26). The molecule has 154 valence electrons. The molecule has 0 aliphatic carbocycles. The molecule has 2 amide bonds. The van der Waals surface area contributed by atoms with Crippen LogP contribution in [0.4, 0.5) is 5.69 Å². The summed E-state index contributed by atoms with van der Waals surface area (Å²) in [5.74, 6) is -0.375. The molecule has 1 saturated heterocycles. The highest BCUT2D eigenvalue weighted by Gasteiger charge is 2.24. The van der Waals surface area contributed by atoms with Gasteiger partial charge in [-0.1, -0.05) is 35.9 Å². The van der Waals surface area contributed by atoms with E-state index >= 15 is 0 Å². The maximum atomic E-state index is 12.5. The molecule has 1 heterocycles. The smallest absolute Gasteiger partial charge is 0.251 e. The fraction of sp³-hybridized carbons (Fsp3) is 0.300. The minimum absolute atomic E-state index is 0.00448. The van der Waals surface area contributed by atoms with Crippen LogP contribution in [0.3, 0.4) is 0 Å². The van der Waals surface area contributed by atoms with Crippen molar-refractivity contribution < 1.29 is 18.0 Å². The van der Waals surface area contributed by atoms with Gasteiger partial charge in [-0.3, -0.25) is 9.59 Å². The number of nitrogens with zero attached hydrogens (tertiary/aromatic N) is 1. The Bertz CT molecular complexity index is 1020. The molecule has 2 aromatic carbocycles. The minimum atomic E-state index is -3.32. The Kier molecular flexibility index (Phi) is 6.56. The zero-order valence-corrected chi connectivity index (χ0v) is 17.5. The molecule has 0 unspecified atom stereocenters. The summed E-state index contributed by atoms with van der Waals surface area (Å²) in [6.45, 7) is 0.887. The molecule has 1 aliphatic heterocycles. The lowest BCUT2D eigenvalue weighted by Crippen LogP contribution is -2.26. The Morgan fingerprint density at radius 2 is 1.83 bits per heavy atom. The molecule has 0 saturated carbocycles. The average Bonchev–Trinajstić information content (AvgIpc) is 3.13. The van der Waals surface area contributed by atoms with Crippen molar-refractivity contribution in [2.75, 3.05) is 18.5 Å². The molecule has 1 fully saturated rings. The third-order valence-electron chi connectivity index (χ3n) is 4.72. The summed E-state index contributed by atoms with van der Waals surface area (Å²) in [5, 5.41) is 3.26. The fourth-order valence-electron chi connectivity index (χ4n) is 3.09. The number of amides is 2. The molecule has 29 heavy (non-hydrogen) atoms. The van der Waals surface area contributed by atoms with Gasteiger partial charge < -0.3 is 10.2 Å².